The van der Waals surface area contributed by atoms with Crippen LogP contribution in [0.1, 0.15) is 16.8 Å². The van der Waals surface area contributed by atoms with Crippen LogP contribution in [0, 0.1) is 0 Å². The first-order chi connectivity index (χ1) is 14.0. The van der Waals surface area contributed by atoms with Crippen molar-refractivity contribution in [2.24, 2.45) is 0 Å². The average molecular weight is 552 g/mol. The van der Waals surface area contributed by atoms with Crippen LogP contribution in [0.5, 0.6) is 5.75 Å². The third kappa shape index (κ3) is 2.41. The summed E-state index contributed by atoms with van der Waals surface area (Å²) in [6.45, 7) is 0. The quantitative estimate of drug-likeness (QED) is 0.287. The van der Waals surface area contributed by atoms with Gasteiger partial charge in [-0.3, -0.25) is 0 Å². The van der Waals surface area contributed by atoms with E-state index in [1.54, 1.807) is 23.9 Å². The molecule has 4 heterocycles. The fourth-order valence-electron chi connectivity index (χ4n) is 3.73. The Balaban J connectivity index is 1.71. The molecule has 1 aliphatic heterocycles. The Morgan fingerprint density at radius 1 is 1.14 bits per heavy atom. The van der Waals surface area contributed by atoms with E-state index >= 15 is 0 Å². The normalized spacial score (nSPS) is 16.3. The molecule has 0 amide bonds. The van der Waals surface area contributed by atoms with Crippen molar-refractivity contribution in [1.82, 2.24) is 18.3 Å². The van der Waals surface area contributed by atoms with Gasteiger partial charge in [0.15, 0.2) is 0 Å². The van der Waals surface area contributed by atoms with Crippen LogP contribution >= 0.6 is 55.3 Å². The zero-order valence-corrected chi connectivity index (χ0v) is 19.0. The van der Waals surface area contributed by atoms with Gasteiger partial charge in [-0.25, -0.2) is 9.78 Å². The van der Waals surface area contributed by atoms with E-state index < -0.39 is 5.63 Å². The van der Waals surface area contributed by atoms with Gasteiger partial charge in [0.1, 0.15) is 38.0 Å². The Hall–Kier alpha value is -1.95. The lowest BCUT2D eigenvalue weighted by molar-refractivity contribution is 0.462. The Morgan fingerprint density at radius 3 is 2.83 bits per heavy atom. The van der Waals surface area contributed by atoms with Gasteiger partial charge in [-0.15, -0.1) is 11.8 Å². The lowest BCUT2D eigenvalue weighted by atomic mass is 10.1. The van der Waals surface area contributed by atoms with Gasteiger partial charge in [-0.05, 0) is 56.1 Å². The first kappa shape index (κ1) is 17.9. The molecule has 0 saturated carbocycles. The third-order valence-corrected chi connectivity index (χ3v) is 8.78. The number of hydrogen-bond donors (Lipinski definition) is 1. The molecule has 29 heavy (non-hydrogen) atoms. The number of aromatic hydroxyl groups is 1. The largest absolute Gasteiger partial charge is 0.507 e. The monoisotopic (exact) mass is 550 g/mol. The molecule has 1 atom stereocenters. The molecular formula is C18H8Br2N4O3S2. The molecule has 0 spiro atoms. The van der Waals surface area contributed by atoms with Gasteiger partial charge in [0.05, 0.1) is 38.6 Å². The summed E-state index contributed by atoms with van der Waals surface area (Å²) in [6.07, 6.45) is 0. The summed E-state index contributed by atoms with van der Waals surface area (Å²) in [5, 5.41) is 11.1. The van der Waals surface area contributed by atoms with E-state index in [-0.39, 0.29) is 11.1 Å². The topological polar surface area (TPSA) is 94.0 Å². The Kier molecular flexibility index (Phi) is 3.87. The minimum Gasteiger partial charge on any atom is -0.507 e. The molecule has 0 fully saturated rings. The highest BCUT2D eigenvalue weighted by Crippen LogP contribution is 2.49. The maximum absolute atomic E-state index is 12.3. The highest BCUT2D eigenvalue weighted by Gasteiger charge is 2.33. The number of nitrogens with zero attached hydrogens (tertiary/aromatic N) is 4. The second-order valence-electron chi connectivity index (χ2n) is 6.52. The van der Waals surface area contributed by atoms with E-state index in [2.05, 4.69) is 45.2 Å². The van der Waals surface area contributed by atoms with Crippen molar-refractivity contribution in [2.45, 2.75) is 11.1 Å². The SMILES string of the molecule is O=c1oc2c(C3SCc4nc5ccc6nsnc6c5n43)c(O)ccc2c(Br)c1Br. The van der Waals surface area contributed by atoms with Gasteiger partial charge in [0.2, 0.25) is 0 Å². The first-order valence-electron chi connectivity index (χ1n) is 8.42. The van der Waals surface area contributed by atoms with Crippen molar-refractivity contribution in [3.63, 3.8) is 0 Å². The van der Waals surface area contributed by atoms with Crippen molar-refractivity contribution in [2.75, 3.05) is 0 Å². The molecule has 1 unspecified atom stereocenters. The highest BCUT2D eigenvalue weighted by molar-refractivity contribution is 9.13. The van der Waals surface area contributed by atoms with E-state index in [4.69, 9.17) is 9.40 Å². The summed E-state index contributed by atoms with van der Waals surface area (Å²) in [4.78, 5) is 17.1. The molecule has 6 rings (SSSR count). The maximum atomic E-state index is 12.3. The highest BCUT2D eigenvalue weighted by atomic mass is 79.9. The van der Waals surface area contributed by atoms with Gasteiger partial charge < -0.3 is 14.1 Å². The smallest absolute Gasteiger partial charge is 0.351 e. The minimum atomic E-state index is -0.513. The van der Waals surface area contributed by atoms with Gasteiger partial charge in [0.25, 0.3) is 0 Å². The van der Waals surface area contributed by atoms with E-state index in [1.807, 2.05) is 12.1 Å². The van der Waals surface area contributed by atoms with E-state index in [0.717, 1.165) is 39.6 Å². The molecule has 144 valence electrons. The van der Waals surface area contributed by atoms with Crippen LogP contribution in [0.2, 0.25) is 0 Å². The number of imidazole rings is 1. The summed E-state index contributed by atoms with van der Waals surface area (Å²) in [6, 6.07) is 7.19. The molecule has 0 radical (unpaired) electrons. The predicted molar refractivity (Wildman–Crippen MR) is 120 cm³/mol. The number of fused-ring (bicyclic) bond motifs is 6. The van der Waals surface area contributed by atoms with Crippen LogP contribution in [-0.4, -0.2) is 23.4 Å². The van der Waals surface area contributed by atoms with Crippen LogP contribution in [0.15, 0.2) is 42.4 Å². The Labute approximate surface area is 187 Å². The standard InChI is InChI=1S/C18H8Br2N4O3S2/c19-12-6-1-4-9(25)11(16(6)27-18(26)13(12)20)17-24-10(5-28-17)21-8-3-2-7-14(15(8)24)23-29-22-7/h1-4,17,25H,5H2. The molecule has 11 heteroatoms. The van der Waals surface area contributed by atoms with Crippen LogP contribution in [-0.2, 0) is 5.75 Å². The average Bonchev–Trinajstić information content (AvgIpc) is 3.40. The predicted octanol–water partition coefficient (Wildman–Crippen LogP) is 5.17. The molecule has 2 aromatic carbocycles. The van der Waals surface area contributed by atoms with Gasteiger partial charge in [-0.2, -0.15) is 8.75 Å². The molecule has 0 aliphatic carbocycles. The minimum absolute atomic E-state index is 0.0608. The summed E-state index contributed by atoms with van der Waals surface area (Å²) in [5.41, 5.74) is 3.66. The summed E-state index contributed by atoms with van der Waals surface area (Å²) < 4.78 is 17.4. The van der Waals surface area contributed by atoms with Gasteiger partial charge in [-0.1, -0.05) is 0 Å². The van der Waals surface area contributed by atoms with Crippen LogP contribution in [0.3, 0.4) is 0 Å². The number of rotatable bonds is 1. The summed E-state index contributed by atoms with van der Waals surface area (Å²) >= 11 is 9.48. The van der Waals surface area contributed by atoms with Gasteiger partial charge >= 0.3 is 5.63 Å². The zero-order chi connectivity index (χ0) is 19.9. The molecule has 3 aromatic heterocycles. The molecule has 7 nitrogen and oxygen atoms in total. The lowest BCUT2D eigenvalue weighted by Gasteiger charge is -2.17. The third-order valence-electron chi connectivity index (χ3n) is 4.98. The number of aromatic nitrogens is 4. The summed E-state index contributed by atoms with van der Waals surface area (Å²) in [7, 11) is 0. The first-order valence-corrected chi connectivity index (χ1v) is 11.8. The number of halogens is 2. The second-order valence-corrected chi connectivity index (χ2v) is 9.70. The van der Waals surface area contributed by atoms with Crippen molar-refractivity contribution in [3.05, 3.63) is 55.0 Å². The number of hydrogen-bond acceptors (Lipinski definition) is 8. The number of thioether (sulfide) groups is 1. The Morgan fingerprint density at radius 2 is 1.97 bits per heavy atom. The zero-order valence-electron chi connectivity index (χ0n) is 14.2. The second kappa shape index (κ2) is 6.27. The molecule has 0 bridgehead atoms. The Bertz CT molecular complexity index is 1540. The lowest BCUT2D eigenvalue weighted by Crippen LogP contribution is -2.08. The van der Waals surface area contributed by atoms with Crippen LogP contribution < -0.4 is 5.63 Å². The molecule has 5 aromatic rings. The number of phenolic OH excluding ortho intramolecular Hbond substituents is 1. The van der Waals surface area contributed by atoms with Crippen LogP contribution in [0.4, 0.5) is 0 Å². The van der Waals surface area contributed by atoms with Crippen molar-refractivity contribution < 1.29 is 9.52 Å². The number of benzene rings is 2. The fourth-order valence-corrected chi connectivity index (χ4v) is 6.32. The maximum Gasteiger partial charge on any atom is 0.351 e. The fraction of sp³-hybridized carbons (Fsp3) is 0.111. The van der Waals surface area contributed by atoms with E-state index in [1.165, 1.54) is 0 Å². The van der Waals surface area contributed by atoms with Crippen LogP contribution in [0.25, 0.3) is 33.0 Å². The molecule has 1 N–H and O–H groups in total. The molecular weight excluding hydrogens is 544 g/mol. The van der Waals surface area contributed by atoms with E-state index in [9.17, 15) is 9.90 Å². The summed E-state index contributed by atoms with van der Waals surface area (Å²) in [5.74, 6) is 1.60. The van der Waals surface area contributed by atoms with Gasteiger partial charge in [0, 0.05) is 5.39 Å². The van der Waals surface area contributed by atoms with Crippen molar-refractivity contribution in [3.8, 4) is 5.75 Å². The molecule has 1 aliphatic rings. The molecule has 0 saturated heterocycles. The van der Waals surface area contributed by atoms with Crippen molar-refractivity contribution in [1.29, 1.82) is 0 Å². The van der Waals surface area contributed by atoms with Crippen molar-refractivity contribution >= 4 is 88.4 Å². The van der Waals surface area contributed by atoms with E-state index in [0.29, 0.717) is 31.2 Å². The number of phenols is 1.